The molecule has 2 nitrogen and oxygen atoms in total. The third-order valence-electron chi connectivity index (χ3n) is 2.66. The van der Waals surface area contributed by atoms with E-state index in [0.29, 0.717) is 11.1 Å². The molecule has 0 bridgehead atoms. The van der Waals surface area contributed by atoms with Crippen molar-refractivity contribution >= 4 is 27.7 Å². The van der Waals surface area contributed by atoms with E-state index in [0.717, 1.165) is 14.4 Å². The molecule has 0 fully saturated rings. The third kappa shape index (κ3) is 3.55. The number of aryl methyl sites for hydroxylation is 1. The van der Waals surface area contributed by atoms with Crippen LogP contribution in [0.2, 0.25) is 0 Å². The lowest BCUT2D eigenvalue weighted by Gasteiger charge is -2.13. The van der Waals surface area contributed by atoms with Gasteiger partial charge in [-0.25, -0.2) is 9.37 Å². The summed E-state index contributed by atoms with van der Waals surface area (Å²) in [5.41, 5.74) is 1.14. The lowest BCUT2D eigenvalue weighted by atomic mass is 10.1. The molecule has 0 saturated carbocycles. The van der Waals surface area contributed by atoms with Crippen molar-refractivity contribution in [3.8, 4) is 0 Å². The zero-order valence-electron chi connectivity index (χ0n) is 10.5. The molecule has 5 heteroatoms. The average Bonchev–Trinajstić information content (AvgIpc) is 2.36. The quantitative estimate of drug-likeness (QED) is 0.892. The summed E-state index contributed by atoms with van der Waals surface area (Å²) < 4.78 is 14.5. The first-order valence-electron chi connectivity index (χ1n) is 5.75. The Hall–Kier alpha value is -0.910. The van der Waals surface area contributed by atoms with Gasteiger partial charge in [-0.2, -0.15) is 0 Å². The van der Waals surface area contributed by atoms with Crippen LogP contribution in [0.25, 0.3) is 0 Å². The maximum atomic E-state index is 13.6. The number of hydrogen-bond donors (Lipinski definition) is 1. The number of aromatic nitrogens is 1. The Kier molecular flexibility index (Phi) is 4.60. The number of pyridine rings is 1. The molecule has 0 unspecified atom stereocenters. The zero-order chi connectivity index (χ0) is 14.0. The monoisotopic (exact) mass is 341 g/mol. The smallest absolute Gasteiger partial charge is 0.126 e. The van der Waals surface area contributed by atoms with Gasteiger partial charge >= 0.3 is 0 Å². The predicted octanol–water partition coefficient (Wildman–Crippen LogP) is 4.50. The number of hydrogen-bond acceptors (Lipinski definition) is 3. The van der Waals surface area contributed by atoms with Crippen molar-refractivity contribution in [1.82, 2.24) is 4.98 Å². The molecule has 1 N–H and O–H groups in total. The van der Waals surface area contributed by atoms with Crippen LogP contribution in [-0.2, 0) is 0 Å². The summed E-state index contributed by atoms with van der Waals surface area (Å²) in [4.78, 5) is 5.09. The molecule has 2 rings (SSSR count). The van der Waals surface area contributed by atoms with Gasteiger partial charge in [-0.3, -0.25) is 0 Å². The third-order valence-corrected chi connectivity index (χ3v) is 4.15. The standard InChI is InChI=1S/C14H13BrFNOS/c1-8-5-13(11(9(2)18)6-12(8)16)19-14-4-3-10(15)7-17-14/h3-7,9,18H,1-2H3/t9-/m0/s1. The van der Waals surface area contributed by atoms with E-state index >= 15 is 0 Å². The second kappa shape index (κ2) is 6.03. The minimum absolute atomic E-state index is 0.302. The summed E-state index contributed by atoms with van der Waals surface area (Å²) in [7, 11) is 0. The first-order chi connectivity index (χ1) is 8.97. The van der Waals surface area contributed by atoms with E-state index in [2.05, 4.69) is 20.9 Å². The molecule has 0 aliphatic carbocycles. The van der Waals surface area contributed by atoms with Crippen molar-refractivity contribution in [2.45, 2.75) is 29.9 Å². The second-order valence-corrected chi connectivity index (χ2v) is 6.21. The number of aliphatic hydroxyl groups is 1. The average molecular weight is 342 g/mol. The van der Waals surface area contributed by atoms with Gasteiger partial charge in [0.05, 0.1) is 6.10 Å². The van der Waals surface area contributed by atoms with Gasteiger partial charge in [0.2, 0.25) is 0 Å². The molecule has 0 aliphatic heterocycles. The van der Waals surface area contributed by atoms with Gasteiger partial charge in [0.25, 0.3) is 0 Å². The topological polar surface area (TPSA) is 33.1 Å². The maximum Gasteiger partial charge on any atom is 0.126 e. The highest BCUT2D eigenvalue weighted by Gasteiger charge is 2.13. The number of rotatable bonds is 3. The molecule has 1 aromatic heterocycles. The van der Waals surface area contributed by atoms with Crippen LogP contribution in [0.15, 0.2) is 44.9 Å². The summed E-state index contributed by atoms with van der Waals surface area (Å²) in [5, 5.41) is 10.5. The molecule has 1 aromatic carbocycles. The zero-order valence-corrected chi connectivity index (χ0v) is 12.9. The molecule has 0 amide bonds. The van der Waals surface area contributed by atoms with Crippen LogP contribution >= 0.6 is 27.7 Å². The van der Waals surface area contributed by atoms with E-state index in [-0.39, 0.29) is 5.82 Å². The van der Waals surface area contributed by atoms with Gasteiger partial charge < -0.3 is 5.11 Å². The van der Waals surface area contributed by atoms with E-state index in [1.165, 1.54) is 17.8 Å². The molecule has 2 aromatic rings. The van der Waals surface area contributed by atoms with Crippen LogP contribution < -0.4 is 0 Å². The van der Waals surface area contributed by atoms with Crippen LogP contribution in [0.1, 0.15) is 24.2 Å². The molecule has 1 heterocycles. The first kappa shape index (κ1) is 14.5. The van der Waals surface area contributed by atoms with Gasteiger partial charge in [-0.15, -0.1) is 0 Å². The molecular weight excluding hydrogens is 329 g/mol. The molecule has 1 atom stereocenters. The highest BCUT2D eigenvalue weighted by Crippen LogP contribution is 2.34. The van der Waals surface area contributed by atoms with E-state index in [4.69, 9.17) is 0 Å². The van der Waals surface area contributed by atoms with Crippen molar-refractivity contribution in [3.63, 3.8) is 0 Å². The normalized spacial score (nSPS) is 12.5. The first-order valence-corrected chi connectivity index (χ1v) is 7.36. The highest BCUT2D eigenvalue weighted by atomic mass is 79.9. The molecule has 0 radical (unpaired) electrons. The minimum Gasteiger partial charge on any atom is -0.389 e. The SMILES string of the molecule is Cc1cc(Sc2ccc(Br)cn2)c([C@H](C)O)cc1F. The fourth-order valence-electron chi connectivity index (χ4n) is 1.62. The summed E-state index contributed by atoms with van der Waals surface area (Å²) in [6.07, 6.45) is 0.994. The van der Waals surface area contributed by atoms with E-state index in [1.807, 2.05) is 12.1 Å². The fraction of sp³-hybridized carbons (Fsp3) is 0.214. The summed E-state index contributed by atoms with van der Waals surface area (Å²) in [6.45, 7) is 3.34. The van der Waals surface area contributed by atoms with E-state index < -0.39 is 6.10 Å². The van der Waals surface area contributed by atoms with Crippen LogP contribution in [0, 0.1) is 12.7 Å². The lowest BCUT2D eigenvalue weighted by Crippen LogP contribution is -1.97. The summed E-state index contributed by atoms with van der Waals surface area (Å²) in [6, 6.07) is 6.90. The van der Waals surface area contributed by atoms with Crippen molar-refractivity contribution in [2.24, 2.45) is 0 Å². The Morgan fingerprint density at radius 2 is 2.11 bits per heavy atom. The van der Waals surface area contributed by atoms with Crippen molar-refractivity contribution < 1.29 is 9.50 Å². The molecular formula is C14H13BrFNOS. The Labute approximate surface area is 124 Å². The van der Waals surface area contributed by atoms with E-state index in [1.54, 1.807) is 26.1 Å². The van der Waals surface area contributed by atoms with Gasteiger partial charge in [-0.1, -0.05) is 11.8 Å². The van der Waals surface area contributed by atoms with Gasteiger partial charge in [-0.05, 0) is 65.2 Å². The number of aliphatic hydroxyl groups excluding tert-OH is 1. The van der Waals surface area contributed by atoms with E-state index in [9.17, 15) is 9.50 Å². The molecule has 100 valence electrons. The number of nitrogens with zero attached hydrogens (tertiary/aromatic N) is 1. The fourth-order valence-corrected chi connectivity index (χ4v) is 2.90. The van der Waals surface area contributed by atoms with Crippen molar-refractivity contribution in [1.29, 1.82) is 0 Å². The van der Waals surface area contributed by atoms with Crippen LogP contribution in [0.3, 0.4) is 0 Å². The van der Waals surface area contributed by atoms with Gasteiger partial charge in [0.1, 0.15) is 10.8 Å². The molecule has 0 saturated heterocycles. The molecule has 19 heavy (non-hydrogen) atoms. The Balaban J connectivity index is 2.38. The lowest BCUT2D eigenvalue weighted by molar-refractivity contribution is 0.196. The van der Waals surface area contributed by atoms with Crippen LogP contribution in [0.4, 0.5) is 4.39 Å². The Morgan fingerprint density at radius 1 is 1.37 bits per heavy atom. The number of halogens is 2. The predicted molar refractivity (Wildman–Crippen MR) is 77.8 cm³/mol. The van der Waals surface area contributed by atoms with Crippen LogP contribution in [-0.4, -0.2) is 10.1 Å². The largest absolute Gasteiger partial charge is 0.389 e. The summed E-state index contributed by atoms with van der Waals surface area (Å²) >= 11 is 4.74. The second-order valence-electron chi connectivity index (χ2n) is 4.23. The summed E-state index contributed by atoms with van der Waals surface area (Å²) in [5.74, 6) is -0.302. The number of benzene rings is 1. The van der Waals surface area contributed by atoms with Crippen molar-refractivity contribution in [3.05, 3.63) is 51.9 Å². The Morgan fingerprint density at radius 3 is 2.68 bits per heavy atom. The van der Waals surface area contributed by atoms with Crippen molar-refractivity contribution in [2.75, 3.05) is 0 Å². The van der Waals surface area contributed by atoms with Gasteiger partial charge in [0, 0.05) is 15.6 Å². The highest BCUT2D eigenvalue weighted by molar-refractivity contribution is 9.10. The Bertz CT molecular complexity index is 587. The molecule has 0 aliphatic rings. The molecule has 0 spiro atoms. The van der Waals surface area contributed by atoms with Crippen LogP contribution in [0.5, 0.6) is 0 Å². The minimum atomic E-state index is -0.715. The maximum absolute atomic E-state index is 13.6. The van der Waals surface area contributed by atoms with Gasteiger partial charge in [0.15, 0.2) is 0 Å².